The van der Waals surface area contributed by atoms with Crippen LogP contribution in [0.4, 0.5) is 0 Å². The van der Waals surface area contributed by atoms with Crippen LogP contribution in [0, 0.1) is 23.2 Å². The predicted octanol–water partition coefficient (Wildman–Crippen LogP) is 3.26. The Morgan fingerprint density at radius 3 is 2.11 bits per heavy atom. The maximum absolute atomic E-state index is 6.70. The van der Waals surface area contributed by atoms with E-state index in [1.807, 2.05) is 0 Å². The first kappa shape index (κ1) is 13.9. The summed E-state index contributed by atoms with van der Waals surface area (Å²) in [5.74, 6) is 3.08. The summed E-state index contributed by atoms with van der Waals surface area (Å²) in [6.07, 6.45) is 11.5. The van der Waals surface area contributed by atoms with Gasteiger partial charge >= 0.3 is 0 Å². The molecule has 1 atom stereocenters. The Bertz CT molecular complexity index is 277. The Morgan fingerprint density at radius 2 is 1.63 bits per heavy atom. The second kappa shape index (κ2) is 5.37. The normalized spacial score (nSPS) is 42.0. The summed E-state index contributed by atoms with van der Waals surface area (Å²) >= 11 is 0. The molecule has 110 valence electrons. The lowest BCUT2D eigenvalue weighted by molar-refractivity contribution is -0.0706. The second-order valence-electron chi connectivity index (χ2n) is 8.00. The summed E-state index contributed by atoms with van der Waals surface area (Å²) in [5, 5.41) is 0. The minimum atomic E-state index is 0.419. The van der Waals surface area contributed by atoms with E-state index in [1.165, 1.54) is 57.9 Å². The molecule has 0 amide bonds. The molecule has 19 heavy (non-hydrogen) atoms. The third kappa shape index (κ3) is 2.71. The van der Waals surface area contributed by atoms with Gasteiger partial charge in [0.1, 0.15) is 0 Å². The summed E-state index contributed by atoms with van der Waals surface area (Å²) in [6, 6.07) is 0.419. The van der Waals surface area contributed by atoms with Crippen LogP contribution in [0.15, 0.2) is 0 Å². The van der Waals surface area contributed by atoms with Crippen LogP contribution in [0.1, 0.15) is 58.3 Å². The fourth-order valence-corrected chi connectivity index (χ4v) is 5.68. The van der Waals surface area contributed by atoms with E-state index in [9.17, 15) is 0 Å². The Kier molecular flexibility index (Phi) is 3.92. The third-order valence-corrected chi connectivity index (χ3v) is 6.27. The fourth-order valence-electron chi connectivity index (χ4n) is 5.68. The van der Waals surface area contributed by atoms with E-state index >= 15 is 0 Å². The first-order valence-corrected chi connectivity index (χ1v) is 8.55. The highest BCUT2D eigenvalue weighted by Gasteiger charge is 2.53. The van der Waals surface area contributed by atoms with Gasteiger partial charge in [-0.1, -0.05) is 13.3 Å². The number of rotatable bonds is 6. The van der Waals surface area contributed by atoms with Crippen molar-refractivity contribution in [1.82, 2.24) is 4.90 Å². The molecule has 0 radical (unpaired) electrons. The van der Waals surface area contributed by atoms with Gasteiger partial charge in [0, 0.05) is 12.6 Å². The van der Waals surface area contributed by atoms with Crippen LogP contribution in [0.5, 0.6) is 0 Å². The zero-order valence-corrected chi connectivity index (χ0v) is 12.9. The smallest absolute Gasteiger partial charge is 0.0225 e. The molecule has 2 heteroatoms. The fraction of sp³-hybridized carbons (Fsp3) is 1.00. The molecule has 0 saturated heterocycles. The molecule has 0 aliphatic heterocycles. The van der Waals surface area contributed by atoms with Crippen LogP contribution in [0.2, 0.25) is 0 Å². The van der Waals surface area contributed by atoms with Crippen LogP contribution in [0.25, 0.3) is 0 Å². The first-order chi connectivity index (χ1) is 9.11. The van der Waals surface area contributed by atoms with Gasteiger partial charge in [-0.05, 0) is 81.7 Å². The van der Waals surface area contributed by atoms with E-state index in [2.05, 4.69) is 18.9 Å². The topological polar surface area (TPSA) is 29.3 Å². The summed E-state index contributed by atoms with van der Waals surface area (Å²) in [4.78, 5) is 2.48. The van der Waals surface area contributed by atoms with E-state index in [1.54, 1.807) is 0 Å². The maximum atomic E-state index is 6.70. The van der Waals surface area contributed by atoms with Crippen LogP contribution >= 0.6 is 0 Å². The summed E-state index contributed by atoms with van der Waals surface area (Å²) in [6.45, 7) is 4.61. The zero-order chi connectivity index (χ0) is 13.5. The molecule has 0 aromatic carbocycles. The molecule has 0 heterocycles. The van der Waals surface area contributed by atoms with Gasteiger partial charge in [0.25, 0.3) is 0 Å². The molecule has 0 aromatic rings. The van der Waals surface area contributed by atoms with Gasteiger partial charge in [0.2, 0.25) is 0 Å². The van der Waals surface area contributed by atoms with E-state index in [0.717, 1.165) is 24.3 Å². The monoisotopic (exact) mass is 264 g/mol. The van der Waals surface area contributed by atoms with Crippen molar-refractivity contribution in [3.8, 4) is 0 Å². The summed E-state index contributed by atoms with van der Waals surface area (Å²) in [7, 11) is 2.26. The molecular weight excluding hydrogens is 232 g/mol. The molecule has 2 nitrogen and oxygen atoms in total. The maximum Gasteiger partial charge on any atom is 0.0225 e. The molecule has 4 aliphatic carbocycles. The number of nitrogens with two attached hydrogens (primary N) is 1. The molecule has 0 aromatic heterocycles. The minimum Gasteiger partial charge on any atom is -0.326 e. The Morgan fingerprint density at radius 1 is 1.11 bits per heavy atom. The van der Waals surface area contributed by atoms with Crippen LogP contribution < -0.4 is 5.73 Å². The predicted molar refractivity (Wildman–Crippen MR) is 81.0 cm³/mol. The highest BCUT2D eigenvalue weighted by molar-refractivity contribution is 5.05. The SMILES string of the molecule is CCCCN(C)CC(N)C12CC3CC(CC(C3)C1)C2. The molecular formula is C17H32N2. The number of nitrogens with zero attached hydrogens (tertiary/aromatic N) is 1. The Hall–Kier alpha value is -0.0800. The van der Waals surface area contributed by atoms with Gasteiger partial charge in [-0.2, -0.15) is 0 Å². The van der Waals surface area contributed by atoms with Crippen molar-refractivity contribution in [2.75, 3.05) is 20.1 Å². The quantitative estimate of drug-likeness (QED) is 0.798. The molecule has 0 spiro atoms. The van der Waals surface area contributed by atoms with Crippen molar-refractivity contribution < 1.29 is 0 Å². The average Bonchev–Trinajstić information content (AvgIpc) is 2.34. The summed E-state index contributed by atoms with van der Waals surface area (Å²) < 4.78 is 0. The van der Waals surface area contributed by atoms with Crippen molar-refractivity contribution in [1.29, 1.82) is 0 Å². The lowest BCUT2D eigenvalue weighted by Crippen LogP contribution is -2.57. The van der Waals surface area contributed by atoms with Gasteiger partial charge in [-0.15, -0.1) is 0 Å². The zero-order valence-electron chi connectivity index (χ0n) is 12.9. The molecule has 4 saturated carbocycles. The lowest BCUT2D eigenvalue weighted by atomic mass is 9.48. The van der Waals surface area contributed by atoms with E-state index < -0.39 is 0 Å². The van der Waals surface area contributed by atoms with Crippen LogP contribution in [0.3, 0.4) is 0 Å². The van der Waals surface area contributed by atoms with Crippen LogP contribution in [-0.4, -0.2) is 31.1 Å². The van der Waals surface area contributed by atoms with E-state index in [0.29, 0.717) is 11.5 Å². The van der Waals surface area contributed by atoms with Crippen molar-refractivity contribution in [3.05, 3.63) is 0 Å². The number of hydrogen-bond acceptors (Lipinski definition) is 2. The molecule has 4 rings (SSSR count). The van der Waals surface area contributed by atoms with E-state index in [4.69, 9.17) is 5.73 Å². The van der Waals surface area contributed by atoms with Crippen molar-refractivity contribution in [2.45, 2.75) is 64.3 Å². The first-order valence-electron chi connectivity index (χ1n) is 8.55. The Labute approximate surface area is 119 Å². The van der Waals surface area contributed by atoms with Crippen molar-refractivity contribution >= 4 is 0 Å². The van der Waals surface area contributed by atoms with Gasteiger partial charge in [-0.25, -0.2) is 0 Å². The average molecular weight is 264 g/mol. The summed E-state index contributed by atoms with van der Waals surface area (Å²) in [5.41, 5.74) is 7.23. The largest absolute Gasteiger partial charge is 0.326 e. The van der Waals surface area contributed by atoms with Gasteiger partial charge < -0.3 is 10.6 Å². The van der Waals surface area contributed by atoms with E-state index in [-0.39, 0.29) is 0 Å². The van der Waals surface area contributed by atoms with Gasteiger partial charge in [-0.3, -0.25) is 0 Å². The lowest BCUT2D eigenvalue weighted by Gasteiger charge is -2.59. The standard InChI is InChI=1S/C17H32N2/c1-3-4-5-19(2)12-16(18)17-9-13-6-14(10-17)8-15(7-13)11-17/h13-16H,3-12,18H2,1-2H3. The molecule has 1 unspecified atom stereocenters. The highest BCUT2D eigenvalue weighted by Crippen LogP contribution is 2.60. The van der Waals surface area contributed by atoms with Crippen molar-refractivity contribution in [2.24, 2.45) is 28.9 Å². The number of hydrogen-bond donors (Lipinski definition) is 1. The molecule has 2 N–H and O–H groups in total. The number of likely N-dealkylation sites (N-methyl/N-ethyl adjacent to an activating group) is 1. The Balaban J connectivity index is 1.61. The van der Waals surface area contributed by atoms with Gasteiger partial charge in [0.15, 0.2) is 0 Å². The number of unbranched alkanes of at least 4 members (excludes halogenated alkanes) is 1. The highest BCUT2D eigenvalue weighted by atomic mass is 15.1. The van der Waals surface area contributed by atoms with Crippen molar-refractivity contribution in [3.63, 3.8) is 0 Å². The molecule has 4 bridgehead atoms. The van der Waals surface area contributed by atoms with Crippen LogP contribution in [-0.2, 0) is 0 Å². The minimum absolute atomic E-state index is 0.419. The molecule has 4 aliphatic rings. The third-order valence-electron chi connectivity index (χ3n) is 6.27. The second-order valence-corrected chi connectivity index (χ2v) is 8.00. The van der Waals surface area contributed by atoms with Gasteiger partial charge in [0.05, 0.1) is 0 Å². The molecule has 4 fully saturated rings.